The lowest BCUT2D eigenvalue weighted by molar-refractivity contribution is 0.113. The average Bonchev–Trinajstić information content (AvgIpc) is 2.49. The van der Waals surface area contributed by atoms with Crippen LogP contribution in [0, 0.1) is 0 Å². The lowest BCUT2D eigenvalue weighted by Gasteiger charge is -2.33. The molecule has 1 aliphatic rings. The number of benzene rings is 1. The molecule has 3 atom stereocenters. The van der Waals surface area contributed by atoms with Crippen molar-refractivity contribution in [1.82, 2.24) is 5.32 Å². The van der Waals surface area contributed by atoms with E-state index in [1.165, 1.54) is 31.2 Å². The molecule has 0 aliphatic heterocycles. The van der Waals surface area contributed by atoms with Crippen molar-refractivity contribution in [3.8, 4) is 5.75 Å². The normalized spacial score (nSPS) is 24.4. The van der Waals surface area contributed by atoms with E-state index < -0.39 is 0 Å². The number of ether oxygens (including phenoxy) is 1. The average molecular weight is 275 g/mol. The van der Waals surface area contributed by atoms with Gasteiger partial charge in [-0.2, -0.15) is 0 Å². The van der Waals surface area contributed by atoms with Crippen LogP contribution in [0.15, 0.2) is 24.3 Å². The fourth-order valence-electron chi connectivity index (χ4n) is 3.11. The summed E-state index contributed by atoms with van der Waals surface area (Å²) in [6.45, 7) is 7.73. The molecule has 0 amide bonds. The second-order valence-electron chi connectivity index (χ2n) is 5.95. The molecule has 0 bridgehead atoms. The SMILES string of the molecule is CCNC1CCCCC1Oc1ccccc1C(C)CC. The topological polar surface area (TPSA) is 21.3 Å². The van der Waals surface area contributed by atoms with Gasteiger partial charge < -0.3 is 10.1 Å². The molecule has 1 N–H and O–H groups in total. The zero-order valence-corrected chi connectivity index (χ0v) is 13.2. The van der Waals surface area contributed by atoms with Crippen molar-refractivity contribution in [1.29, 1.82) is 0 Å². The molecule has 1 fully saturated rings. The quantitative estimate of drug-likeness (QED) is 0.825. The minimum Gasteiger partial charge on any atom is -0.489 e. The van der Waals surface area contributed by atoms with Crippen molar-refractivity contribution in [3.63, 3.8) is 0 Å². The molecule has 1 aliphatic carbocycles. The van der Waals surface area contributed by atoms with Crippen molar-refractivity contribution < 1.29 is 4.74 Å². The molecule has 20 heavy (non-hydrogen) atoms. The lowest BCUT2D eigenvalue weighted by atomic mass is 9.92. The summed E-state index contributed by atoms with van der Waals surface area (Å²) >= 11 is 0. The van der Waals surface area contributed by atoms with Gasteiger partial charge in [-0.05, 0) is 49.8 Å². The van der Waals surface area contributed by atoms with E-state index in [0.717, 1.165) is 18.7 Å². The van der Waals surface area contributed by atoms with Crippen molar-refractivity contribution in [3.05, 3.63) is 29.8 Å². The molecule has 2 heteroatoms. The highest BCUT2D eigenvalue weighted by atomic mass is 16.5. The van der Waals surface area contributed by atoms with Gasteiger partial charge in [0.1, 0.15) is 11.9 Å². The van der Waals surface area contributed by atoms with Gasteiger partial charge >= 0.3 is 0 Å². The zero-order chi connectivity index (χ0) is 14.4. The van der Waals surface area contributed by atoms with Gasteiger partial charge in [0.2, 0.25) is 0 Å². The van der Waals surface area contributed by atoms with Gasteiger partial charge in [-0.1, -0.05) is 45.4 Å². The molecule has 0 aromatic heterocycles. The Morgan fingerprint density at radius 1 is 1.20 bits per heavy atom. The Labute approximate surface area is 123 Å². The number of hydrogen-bond acceptors (Lipinski definition) is 2. The van der Waals surface area contributed by atoms with Crippen molar-refractivity contribution in [2.24, 2.45) is 0 Å². The van der Waals surface area contributed by atoms with Gasteiger partial charge in [0.15, 0.2) is 0 Å². The number of nitrogens with one attached hydrogen (secondary N) is 1. The minimum absolute atomic E-state index is 0.328. The van der Waals surface area contributed by atoms with E-state index in [4.69, 9.17) is 4.74 Å². The van der Waals surface area contributed by atoms with Crippen LogP contribution in [0.4, 0.5) is 0 Å². The molecular formula is C18H29NO. The maximum atomic E-state index is 6.41. The maximum absolute atomic E-state index is 6.41. The summed E-state index contributed by atoms with van der Waals surface area (Å²) in [5, 5.41) is 3.59. The smallest absolute Gasteiger partial charge is 0.123 e. The van der Waals surface area contributed by atoms with E-state index in [1.807, 2.05) is 0 Å². The number of rotatable bonds is 6. The zero-order valence-electron chi connectivity index (χ0n) is 13.2. The summed E-state index contributed by atoms with van der Waals surface area (Å²) in [6.07, 6.45) is 6.51. The molecule has 0 spiro atoms. The van der Waals surface area contributed by atoms with E-state index >= 15 is 0 Å². The van der Waals surface area contributed by atoms with Crippen LogP contribution in [0.1, 0.15) is 64.4 Å². The monoisotopic (exact) mass is 275 g/mol. The molecule has 1 saturated carbocycles. The molecule has 0 heterocycles. The predicted octanol–water partition coefficient (Wildman–Crippen LogP) is 4.50. The van der Waals surface area contributed by atoms with Crippen LogP contribution in [0.5, 0.6) is 5.75 Å². The largest absolute Gasteiger partial charge is 0.489 e. The minimum atomic E-state index is 0.328. The number of para-hydroxylation sites is 1. The van der Waals surface area contributed by atoms with Gasteiger partial charge in [-0.25, -0.2) is 0 Å². The summed E-state index contributed by atoms with van der Waals surface area (Å²) < 4.78 is 6.41. The number of likely N-dealkylation sites (N-methyl/N-ethyl adjacent to an activating group) is 1. The summed E-state index contributed by atoms with van der Waals surface area (Å²) in [6, 6.07) is 9.08. The highest BCUT2D eigenvalue weighted by Crippen LogP contribution is 2.31. The van der Waals surface area contributed by atoms with Crippen LogP contribution in [-0.4, -0.2) is 18.7 Å². The Balaban J connectivity index is 2.11. The Morgan fingerprint density at radius 2 is 1.95 bits per heavy atom. The van der Waals surface area contributed by atoms with Crippen LogP contribution in [0.2, 0.25) is 0 Å². The molecule has 0 saturated heterocycles. The molecule has 0 radical (unpaired) electrons. The molecular weight excluding hydrogens is 246 g/mol. The lowest BCUT2D eigenvalue weighted by Crippen LogP contribution is -2.45. The molecule has 1 aromatic rings. The summed E-state index contributed by atoms with van der Waals surface area (Å²) in [5.74, 6) is 1.66. The third kappa shape index (κ3) is 3.76. The van der Waals surface area contributed by atoms with Crippen molar-refractivity contribution in [2.45, 2.75) is 70.9 Å². The van der Waals surface area contributed by atoms with Gasteiger partial charge in [-0.15, -0.1) is 0 Å². The Kier molecular flexibility index (Phi) is 5.90. The molecule has 3 unspecified atom stereocenters. The van der Waals surface area contributed by atoms with E-state index in [1.54, 1.807) is 0 Å². The van der Waals surface area contributed by atoms with Crippen LogP contribution >= 0.6 is 0 Å². The van der Waals surface area contributed by atoms with Crippen molar-refractivity contribution in [2.75, 3.05) is 6.54 Å². The molecule has 1 aromatic carbocycles. The Hall–Kier alpha value is -1.02. The van der Waals surface area contributed by atoms with E-state index in [0.29, 0.717) is 18.1 Å². The van der Waals surface area contributed by atoms with E-state index in [2.05, 4.69) is 50.4 Å². The van der Waals surface area contributed by atoms with Gasteiger partial charge in [0.25, 0.3) is 0 Å². The first-order valence-corrected chi connectivity index (χ1v) is 8.25. The third-order valence-electron chi connectivity index (χ3n) is 4.51. The van der Waals surface area contributed by atoms with Gasteiger partial charge in [-0.3, -0.25) is 0 Å². The fourth-order valence-corrected chi connectivity index (χ4v) is 3.11. The summed E-state index contributed by atoms with van der Waals surface area (Å²) in [4.78, 5) is 0. The van der Waals surface area contributed by atoms with Gasteiger partial charge in [0, 0.05) is 6.04 Å². The summed E-state index contributed by atoms with van der Waals surface area (Å²) in [5.41, 5.74) is 1.36. The maximum Gasteiger partial charge on any atom is 0.123 e. The van der Waals surface area contributed by atoms with Crippen LogP contribution in [0.25, 0.3) is 0 Å². The van der Waals surface area contributed by atoms with Crippen LogP contribution in [-0.2, 0) is 0 Å². The first kappa shape index (κ1) is 15.4. The highest BCUT2D eigenvalue weighted by molar-refractivity contribution is 5.36. The van der Waals surface area contributed by atoms with Crippen LogP contribution < -0.4 is 10.1 Å². The Morgan fingerprint density at radius 3 is 2.70 bits per heavy atom. The third-order valence-corrected chi connectivity index (χ3v) is 4.51. The molecule has 2 rings (SSSR count). The standard InChI is InChI=1S/C18H29NO/c1-4-14(3)15-10-6-8-12-17(15)20-18-13-9-7-11-16(18)19-5-2/h6,8,10,12,14,16,18-19H,4-5,7,9,11,13H2,1-3H3. The Bertz CT molecular complexity index is 402. The fraction of sp³-hybridized carbons (Fsp3) is 0.667. The van der Waals surface area contributed by atoms with E-state index in [-0.39, 0.29) is 0 Å². The number of hydrogen-bond donors (Lipinski definition) is 1. The highest BCUT2D eigenvalue weighted by Gasteiger charge is 2.26. The second-order valence-corrected chi connectivity index (χ2v) is 5.95. The van der Waals surface area contributed by atoms with Gasteiger partial charge in [0.05, 0.1) is 0 Å². The predicted molar refractivity (Wildman–Crippen MR) is 85.5 cm³/mol. The summed E-state index contributed by atoms with van der Waals surface area (Å²) in [7, 11) is 0. The van der Waals surface area contributed by atoms with Crippen molar-refractivity contribution >= 4 is 0 Å². The first-order chi connectivity index (χ1) is 9.76. The molecule has 2 nitrogen and oxygen atoms in total. The molecule has 112 valence electrons. The first-order valence-electron chi connectivity index (χ1n) is 8.25. The second kappa shape index (κ2) is 7.68. The van der Waals surface area contributed by atoms with E-state index in [9.17, 15) is 0 Å². The van der Waals surface area contributed by atoms with Crippen LogP contribution in [0.3, 0.4) is 0 Å².